The number of anilines is 1. The number of ether oxygens (including phenoxy) is 1. The fourth-order valence-electron chi connectivity index (χ4n) is 0.738. The number of hydrogen-bond acceptors (Lipinski definition) is 5. The summed E-state index contributed by atoms with van der Waals surface area (Å²) >= 11 is 0. The van der Waals surface area contributed by atoms with Crippen molar-refractivity contribution in [3.63, 3.8) is 0 Å². The fourth-order valence-corrected chi connectivity index (χ4v) is 0.738. The topological polar surface area (TPSA) is 93.9 Å². The SMILES string of the molecule is COC(=O)c1c(N)cnn1C#N. The Morgan fingerprint density at radius 2 is 2.58 bits per heavy atom. The molecule has 1 aromatic heterocycles. The molecule has 0 unspecified atom stereocenters. The Labute approximate surface area is 68.1 Å². The first-order valence-electron chi connectivity index (χ1n) is 3.02. The van der Waals surface area contributed by atoms with E-state index < -0.39 is 5.97 Å². The van der Waals surface area contributed by atoms with Crippen LogP contribution in [0.2, 0.25) is 0 Å². The smallest absolute Gasteiger partial charge is 0.359 e. The largest absolute Gasteiger partial charge is 0.464 e. The molecule has 6 nitrogen and oxygen atoms in total. The molecule has 0 bridgehead atoms. The van der Waals surface area contributed by atoms with Crippen molar-refractivity contribution in [2.45, 2.75) is 0 Å². The van der Waals surface area contributed by atoms with Crippen LogP contribution in [0.3, 0.4) is 0 Å². The normalized spacial score (nSPS) is 9.00. The molecule has 0 radical (unpaired) electrons. The summed E-state index contributed by atoms with van der Waals surface area (Å²) in [6, 6.07) is 0. The number of nitrogens with two attached hydrogens (primary N) is 1. The summed E-state index contributed by atoms with van der Waals surface area (Å²) in [7, 11) is 1.20. The van der Waals surface area contributed by atoms with Crippen molar-refractivity contribution in [2.75, 3.05) is 12.8 Å². The number of hydrogen-bond donors (Lipinski definition) is 1. The van der Waals surface area contributed by atoms with Gasteiger partial charge in [-0.05, 0) is 0 Å². The van der Waals surface area contributed by atoms with Crippen molar-refractivity contribution >= 4 is 11.7 Å². The Morgan fingerprint density at radius 3 is 3.08 bits per heavy atom. The lowest BCUT2D eigenvalue weighted by Crippen LogP contribution is -2.10. The van der Waals surface area contributed by atoms with Gasteiger partial charge in [-0.15, -0.1) is 0 Å². The first-order chi connectivity index (χ1) is 5.70. The third kappa shape index (κ3) is 1.08. The summed E-state index contributed by atoms with van der Waals surface area (Å²) in [4.78, 5) is 11.0. The van der Waals surface area contributed by atoms with Gasteiger partial charge in [-0.1, -0.05) is 0 Å². The number of aromatic nitrogens is 2. The van der Waals surface area contributed by atoms with E-state index in [1.54, 1.807) is 6.19 Å². The van der Waals surface area contributed by atoms with Crippen LogP contribution in [0.1, 0.15) is 10.5 Å². The predicted octanol–water partition coefficient (Wildman–Crippen LogP) is -0.419. The first kappa shape index (κ1) is 8.07. The molecule has 0 spiro atoms. The molecule has 0 aliphatic rings. The molecule has 1 aromatic rings. The third-order valence-electron chi connectivity index (χ3n) is 1.27. The average Bonchev–Trinajstić information content (AvgIpc) is 2.45. The van der Waals surface area contributed by atoms with E-state index in [1.807, 2.05) is 0 Å². The number of methoxy groups -OCH3 is 1. The van der Waals surface area contributed by atoms with Crippen LogP contribution in [-0.2, 0) is 4.74 Å². The summed E-state index contributed by atoms with van der Waals surface area (Å²) < 4.78 is 5.19. The Balaban J connectivity index is 3.21. The Morgan fingerprint density at radius 1 is 1.92 bits per heavy atom. The van der Waals surface area contributed by atoms with Crippen LogP contribution in [0, 0.1) is 11.5 Å². The molecule has 0 atom stereocenters. The van der Waals surface area contributed by atoms with E-state index in [-0.39, 0.29) is 11.4 Å². The van der Waals surface area contributed by atoms with Crippen molar-refractivity contribution in [1.82, 2.24) is 9.78 Å². The van der Waals surface area contributed by atoms with Crippen LogP contribution >= 0.6 is 0 Å². The minimum absolute atomic E-state index is 0.0417. The third-order valence-corrected chi connectivity index (χ3v) is 1.27. The maximum atomic E-state index is 11.0. The second-order valence-electron chi connectivity index (χ2n) is 1.95. The van der Waals surface area contributed by atoms with E-state index >= 15 is 0 Å². The van der Waals surface area contributed by atoms with Gasteiger partial charge in [0.25, 0.3) is 0 Å². The summed E-state index contributed by atoms with van der Waals surface area (Å²) in [5, 5.41) is 12.0. The highest BCUT2D eigenvalue weighted by Crippen LogP contribution is 2.10. The van der Waals surface area contributed by atoms with Gasteiger partial charge in [-0.25, -0.2) is 4.79 Å². The highest BCUT2D eigenvalue weighted by Gasteiger charge is 2.16. The van der Waals surface area contributed by atoms with Gasteiger partial charge in [-0.3, -0.25) is 0 Å². The molecule has 12 heavy (non-hydrogen) atoms. The summed E-state index contributed by atoms with van der Waals surface area (Å²) in [5.74, 6) is -0.674. The maximum Gasteiger partial charge on any atom is 0.359 e. The number of nitriles is 1. The first-order valence-corrected chi connectivity index (χ1v) is 3.02. The van der Waals surface area contributed by atoms with E-state index in [1.165, 1.54) is 13.3 Å². The van der Waals surface area contributed by atoms with Crippen LogP contribution < -0.4 is 5.73 Å². The Bertz CT molecular complexity index is 349. The minimum Gasteiger partial charge on any atom is -0.464 e. The lowest BCUT2D eigenvalue weighted by Gasteiger charge is -1.97. The molecule has 0 aliphatic carbocycles. The van der Waals surface area contributed by atoms with Crippen LogP contribution in [0.5, 0.6) is 0 Å². The summed E-state index contributed by atoms with van der Waals surface area (Å²) in [6.45, 7) is 0. The summed E-state index contributed by atoms with van der Waals surface area (Å²) in [5.41, 5.74) is 5.44. The van der Waals surface area contributed by atoms with Crippen molar-refractivity contribution in [3.8, 4) is 6.19 Å². The van der Waals surface area contributed by atoms with Gasteiger partial charge < -0.3 is 10.5 Å². The molecule has 2 N–H and O–H groups in total. The molecule has 0 amide bonds. The maximum absolute atomic E-state index is 11.0. The van der Waals surface area contributed by atoms with E-state index in [9.17, 15) is 4.79 Å². The highest BCUT2D eigenvalue weighted by atomic mass is 16.5. The summed E-state index contributed by atoms with van der Waals surface area (Å²) in [6.07, 6.45) is 2.87. The molecule has 0 aliphatic heterocycles. The fraction of sp³-hybridized carbons (Fsp3) is 0.167. The highest BCUT2D eigenvalue weighted by molar-refractivity contribution is 5.93. The number of carbonyl (C=O) groups is 1. The van der Waals surface area contributed by atoms with E-state index in [0.717, 1.165) is 4.68 Å². The molecular weight excluding hydrogens is 160 g/mol. The Hall–Kier alpha value is -2.03. The second kappa shape index (κ2) is 2.92. The van der Waals surface area contributed by atoms with Crippen LogP contribution in [-0.4, -0.2) is 22.9 Å². The molecule has 0 aromatic carbocycles. The molecule has 62 valence electrons. The van der Waals surface area contributed by atoms with E-state index in [2.05, 4.69) is 9.84 Å². The molecule has 1 rings (SSSR count). The predicted molar refractivity (Wildman–Crippen MR) is 39.0 cm³/mol. The van der Waals surface area contributed by atoms with Gasteiger partial charge in [0.05, 0.1) is 19.0 Å². The quantitative estimate of drug-likeness (QED) is 0.572. The van der Waals surface area contributed by atoms with Crippen molar-refractivity contribution in [3.05, 3.63) is 11.9 Å². The van der Waals surface area contributed by atoms with Gasteiger partial charge in [0.2, 0.25) is 6.19 Å². The van der Waals surface area contributed by atoms with E-state index in [0.29, 0.717) is 0 Å². The number of nitrogen functional groups attached to an aromatic ring is 1. The monoisotopic (exact) mass is 166 g/mol. The zero-order chi connectivity index (χ0) is 9.14. The van der Waals surface area contributed by atoms with Crippen LogP contribution in [0.4, 0.5) is 5.69 Å². The van der Waals surface area contributed by atoms with Crippen LogP contribution in [0.25, 0.3) is 0 Å². The number of rotatable bonds is 1. The molecule has 6 heteroatoms. The lowest BCUT2D eigenvalue weighted by atomic mass is 10.4. The molecule has 0 fully saturated rings. The molecule has 0 saturated heterocycles. The van der Waals surface area contributed by atoms with Gasteiger partial charge in [0.1, 0.15) is 0 Å². The molecule has 1 heterocycles. The van der Waals surface area contributed by atoms with Crippen molar-refractivity contribution in [1.29, 1.82) is 5.26 Å². The zero-order valence-electron chi connectivity index (χ0n) is 6.31. The molecule has 0 saturated carbocycles. The van der Waals surface area contributed by atoms with Crippen molar-refractivity contribution in [2.24, 2.45) is 0 Å². The van der Waals surface area contributed by atoms with Gasteiger partial charge in [0, 0.05) is 0 Å². The number of nitrogens with zero attached hydrogens (tertiary/aromatic N) is 3. The Kier molecular flexibility index (Phi) is 1.96. The van der Waals surface area contributed by atoms with E-state index in [4.69, 9.17) is 11.0 Å². The van der Waals surface area contributed by atoms with Gasteiger partial charge in [-0.2, -0.15) is 15.0 Å². The standard InChI is InChI=1S/C6H6N4O2/c1-12-6(11)5-4(8)2-9-10(5)3-7/h2H,8H2,1H3. The molecular formula is C6H6N4O2. The zero-order valence-corrected chi connectivity index (χ0v) is 6.31. The van der Waals surface area contributed by atoms with Gasteiger partial charge in [0.15, 0.2) is 5.69 Å². The lowest BCUT2D eigenvalue weighted by molar-refractivity contribution is 0.0592. The van der Waals surface area contributed by atoms with Crippen LogP contribution in [0.15, 0.2) is 6.20 Å². The number of esters is 1. The van der Waals surface area contributed by atoms with Crippen molar-refractivity contribution < 1.29 is 9.53 Å². The van der Waals surface area contributed by atoms with Gasteiger partial charge >= 0.3 is 5.97 Å². The average molecular weight is 166 g/mol. The number of carbonyl (C=O) groups excluding carboxylic acids is 1. The second-order valence-corrected chi connectivity index (χ2v) is 1.95. The minimum atomic E-state index is -0.674.